The first-order valence-electron chi connectivity index (χ1n) is 8.18. The Bertz CT molecular complexity index is 721. The summed E-state index contributed by atoms with van der Waals surface area (Å²) in [6.07, 6.45) is 1.42. The van der Waals surface area contributed by atoms with Crippen molar-refractivity contribution in [2.75, 3.05) is 20.1 Å². The molecule has 1 aliphatic heterocycles. The van der Waals surface area contributed by atoms with Gasteiger partial charge in [-0.1, -0.05) is 18.2 Å². The molecule has 6 nitrogen and oxygen atoms in total. The van der Waals surface area contributed by atoms with Crippen molar-refractivity contribution in [3.63, 3.8) is 0 Å². The number of para-hydroxylation sites is 1. The summed E-state index contributed by atoms with van der Waals surface area (Å²) in [5.74, 6) is -0.229. The van der Waals surface area contributed by atoms with E-state index in [1.165, 1.54) is 0 Å². The molecule has 2 atom stereocenters. The zero-order chi connectivity index (χ0) is 17.3. The Kier molecular flexibility index (Phi) is 4.57. The predicted molar refractivity (Wildman–Crippen MR) is 89.6 cm³/mol. The second-order valence-corrected chi connectivity index (χ2v) is 6.33. The Morgan fingerprint density at radius 1 is 1.42 bits per heavy atom. The number of likely N-dealkylation sites (tertiary alicyclic amines) is 1. The molecule has 2 heterocycles. The van der Waals surface area contributed by atoms with Crippen molar-refractivity contribution in [1.82, 2.24) is 9.80 Å². The summed E-state index contributed by atoms with van der Waals surface area (Å²) in [6, 6.07) is 8.90. The highest BCUT2D eigenvalue weighted by molar-refractivity contribution is 5.81. The molecule has 0 bridgehead atoms. The number of nitrogens with zero attached hydrogens (tertiary/aromatic N) is 2. The van der Waals surface area contributed by atoms with Crippen LogP contribution in [-0.2, 0) is 9.59 Å². The second-order valence-electron chi connectivity index (χ2n) is 6.33. The number of hydrogen-bond donors (Lipinski definition) is 1. The van der Waals surface area contributed by atoms with Gasteiger partial charge in [-0.15, -0.1) is 0 Å². The highest BCUT2D eigenvalue weighted by Gasteiger charge is 2.33. The van der Waals surface area contributed by atoms with E-state index in [1.54, 1.807) is 16.8 Å². The zero-order valence-electron chi connectivity index (χ0n) is 13.9. The third-order valence-electron chi connectivity index (χ3n) is 4.82. The molecule has 3 rings (SSSR count). The van der Waals surface area contributed by atoms with Gasteiger partial charge < -0.3 is 14.4 Å². The first-order valence-corrected chi connectivity index (χ1v) is 8.18. The molecule has 0 radical (unpaired) electrons. The van der Waals surface area contributed by atoms with Gasteiger partial charge in [-0.3, -0.25) is 14.5 Å². The molecule has 1 aromatic heterocycles. The van der Waals surface area contributed by atoms with Gasteiger partial charge in [0.2, 0.25) is 5.91 Å². The standard InChI is InChI=1S/C18H22N2O4/c1-12(16-10-13-6-3-4-8-15(13)24-16)19(2)17(21)11-20-9-5-7-14(20)18(22)23/h3-4,6,8,10,12,14H,5,7,9,11H2,1-2H3,(H,22,23)/t12?,14-/m0/s1. The van der Waals surface area contributed by atoms with Crippen LogP contribution in [0.25, 0.3) is 11.0 Å². The normalized spacial score (nSPS) is 19.5. The number of carbonyl (C=O) groups excluding carboxylic acids is 1. The fourth-order valence-electron chi connectivity index (χ4n) is 3.20. The minimum absolute atomic E-state index is 0.101. The molecule has 128 valence electrons. The Balaban J connectivity index is 1.69. The van der Waals surface area contributed by atoms with E-state index in [0.717, 1.165) is 23.2 Å². The third-order valence-corrected chi connectivity index (χ3v) is 4.82. The van der Waals surface area contributed by atoms with Crippen molar-refractivity contribution in [2.24, 2.45) is 0 Å². The molecule has 0 aliphatic carbocycles. The van der Waals surface area contributed by atoms with E-state index in [-0.39, 0.29) is 18.5 Å². The molecule has 6 heteroatoms. The fourth-order valence-corrected chi connectivity index (χ4v) is 3.20. The van der Waals surface area contributed by atoms with Gasteiger partial charge >= 0.3 is 5.97 Å². The van der Waals surface area contributed by atoms with E-state index in [1.807, 2.05) is 37.3 Å². The minimum atomic E-state index is -0.853. The first-order chi connectivity index (χ1) is 11.5. The van der Waals surface area contributed by atoms with Gasteiger partial charge in [-0.25, -0.2) is 0 Å². The molecule has 1 saturated heterocycles. The van der Waals surface area contributed by atoms with Crippen LogP contribution >= 0.6 is 0 Å². The highest BCUT2D eigenvalue weighted by atomic mass is 16.4. The van der Waals surface area contributed by atoms with Crippen LogP contribution in [-0.4, -0.2) is 53.0 Å². The number of carboxylic acids is 1. The molecular formula is C18H22N2O4. The summed E-state index contributed by atoms with van der Waals surface area (Å²) in [4.78, 5) is 27.1. The maximum atomic E-state index is 12.5. The largest absolute Gasteiger partial charge is 0.480 e. The fraction of sp³-hybridized carbons (Fsp3) is 0.444. The number of fused-ring (bicyclic) bond motifs is 1. The maximum Gasteiger partial charge on any atom is 0.320 e. The molecule has 0 saturated carbocycles. The summed E-state index contributed by atoms with van der Waals surface area (Å²) < 4.78 is 5.83. The van der Waals surface area contributed by atoms with Gasteiger partial charge in [0.05, 0.1) is 12.6 Å². The Hall–Kier alpha value is -2.34. The molecule has 0 spiro atoms. The molecule has 1 N–H and O–H groups in total. The monoisotopic (exact) mass is 330 g/mol. The predicted octanol–water partition coefficient (Wildman–Crippen LogP) is 2.50. The summed E-state index contributed by atoms with van der Waals surface area (Å²) in [5.41, 5.74) is 0.797. The summed E-state index contributed by atoms with van der Waals surface area (Å²) >= 11 is 0. The van der Waals surface area contributed by atoms with E-state index in [4.69, 9.17) is 4.42 Å². The summed E-state index contributed by atoms with van der Waals surface area (Å²) in [7, 11) is 1.73. The van der Waals surface area contributed by atoms with Gasteiger partial charge in [0.15, 0.2) is 0 Å². The number of hydrogen-bond acceptors (Lipinski definition) is 4. The lowest BCUT2D eigenvalue weighted by Gasteiger charge is -2.27. The van der Waals surface area contributed by atoms with Crippen molar-refractivity contribution in [3.8, 4) is 0 Å². The van der Waals surface area contributed by atoms with Crippen LogP contribution in [0.3, 0.4) is 0 Å². The van der Waals surface area contributed by atoms with E-state index in [9.17, 15) is 14.7 Å². The number of furan rings is 1. The van der Waals surface area contributed by atoms with Crippen molar-refractivity contribution in [1.29, 1.82) is 0 Å². The molecule has 1 aliphatic rings. The molecule has 24 heavy (non-hydrogen) atoms. The number of aliphatic carboxylic acids is 1. The number of carboxylic acid groups (broad SMARTS) is 1. The van der Waals surface area contributed by atoms with Gasteiger partial charge in [-0.2, -0.15) is 0 Å². The number of rotatable bonds is 5. The van der Waals surface area contributed by atoms with Crippen LogP contribution in [0.4, 0.5) is 0 Å². The lowest BCUT2D eigenvalue weighted by molar-refractivity contribution is -0.143. The number of carbonyl (C=O) groups is 2. The van der Waals surface area contributed by atoms with Gasteiger partial charge in [0, 0.05) is 12.4 Å². The highest BCUT2D eigenvalue weighted by Crippen LogP contribution is 2.27. The SMILES string of the molecule is CC(c1cc2ccccc2o1)N(C)C(=O)CN1CCC[C@H]1C(=O)O. The minimum Gasteiger partial charge on any atom is -0.480 e. The van der Waals surface area contributed by atoms with Crippen molar-refractivity contribution in [3.05, 3.63) is 36.1 Å². The number of likely N-dealkylation sites (N-methyl/N-ethyl adjacent to an activating group) is 1. The number of amides is 1. The molecular weight excluding hydrogens is 308 g/mol. The van der Waals surface area contributed by atoms with E-state index < -0.39 is 12.0 Å². The molecule has 1 aromatic carbocycles. The zero-order valence-corrected chi connectivity index (χ0v) is 13.9. The van der Waals surface area contributed by atoms with Gasteiger partial charge in [-0.05, 0) is 38.4 Å². The van der Waals surface area contributed by atoms with E-state index >= 15 is 0 Å². The lowest BCUT2D eigenvalue weighted by Crippen LogP contribution is -2.44. The van der Waals surface area contributed by atoms with E-state index in [0.29, 0.717) is 13.0 Å². The average molecular weight is 330 g/mol. The van der Waals surface area contributed by atoms with Crippen LogP contribution in [0.2, 0.25) is 0 Å². The van der Waals surface area contributed by atoms with Crippen LogP contribution in [0.5, 0.6) is 0 Å². The lowest BCUT2D eigenvalue weighted by atomic mass is 10.2. The molecule has 1 unspecified atom stereocenters. The van der Waals surface area contributed by atoms with Crippen molar-refractivity contribution < 1.29 is 19.1 Å². The second kappa shape index (κ2) is 6.65. The van der Waals surface area contributed by atoms with Crippen LogP contribution in [0.1, 0.15) is 31.6 Å². The van der Waals surface area contributed by atoms with E-state index in [2.05, 4.69) is 0 Å². The molecule has 1 fully saturated rings. The summed E-state index contributed by atoms with van der Waals surface area (Å²) in [5, 5.41) is 10.2. The summed E-state index contributed by atoms with van der Waals surface area (Å²) in [6.45, 7) is 2.68. The maximum absolute atomic E-state index is 12.5. The quantitative estimate of drug-likeness (QED) is 0.912. The van der Waals surface area contributed by atoms with Crippen molar-refractivity contribution in [2.45, 2.75) is 31.8 Å². The van der Waals surface area contributed by atoms with Crippen molar-refractivity contribution >= 4 is 22.8 Å². The molecule has 1 amide bonds. The average Bonchev–Trinajstić information content (AvgIpc) is 3.19. The van der Waals surface area contributed by atoms with Crippen LogP contribution in [0.15, 0.2) is 34.7 Å². The smallest absolute Gasteiger partial charge is 0.320 e. The Morgan fingerprint density at radius 3 is 2.88 bits per heavy atom. The van der Waals surface area contributed by atoms with Gasteiger partial charge in [0.25, 0.3) is 0 Å². The topological polar surface area (TPSA) is 74.0 Å². The first kappa shape index (κ1) is 16.5. The van der Waals surface area contributed by atoms with Crippen LogP contribution < -0.4 is 0 Å². The Labute approximate surface area is 140 Å². The van der Waals surface area contributed by atoms with Gasteiger partial charge in [0.1, 0.15) is 17.4 Å². The number of benzene rings is 1. The third kappa shape index (κ3) is 3.14. The van der Waals surface area contributed by atoms with Crippen LogP contribution in [0, 0.1) is 0 Å². The molecule has 2 aromatic rings. The Morgan fingerprint density at radius 2 is 2.17 bits per heavy atom.